The van der Waals surface area contributed by atoms with Crippen molar-refractivity contribution in [3.8, 4) is 17.2 Å². The Hall–Kier alpha value is -3.21. The molecule has 0 heterocycles. The zero-order valence-corrected chi connectivity index (χ0v) is 16.5. The predicted octanol–water partition coefficient (Wildman–Crippen LogP) is 4.58. The third kappa shape index (κ3) is 4.36. The number of carbonyl (C=O) groups is 1. The second-order valence-electron chi connectivity index (χ2n) is 6.23. The third-order valence-corrected chi connectivity index (χ3v) is 4.37. The van der Waals surface area contributed by atoms with Gasteiger partial charge in [-0.25, -0.2) is 0 Å². The van der Waals surface area contributed by atoms with Gasteiger partial charge in [-0.15, -0.1) is 0 Å². The van der Waals surface area contributed by atoms with E-state index in [4.69, 9.17) is 14.2 Å². The Morgan fingerprint density at radius 2 is 1.54 bits per heavy atom. The van der Waals surface area contributed by atoms with Gasteiger partial charge in [-0.3, -0.25) is 4.79 Å². The highest BCUT2D eigenvalue weighted by Gasteiger charge is 2.14. The number of fused-ring (bicyclic) bond motifs is 1. The van der Waals surface area contributed by atoms with Gasteiger partial charge >= 0.3 is 0 Å². The van der Waals surface area contributed by atoms with E-state index in [1.54, 1.807) is 7.11 Å². The Morgan fingerprint density at radius 3 is 2.21 bits per heavy atom. The van der Waals surface area contributed by atoms with Crippen LogP contribution < -0.4 is 19.5 Å². The molecule has 3 aromatic carbocycles. The van der Waals surface area contributed by atoms with E-state index in [1.165, 1.54) is 0 Å². The number of nitrogens with one attached hydrogen (secondary N) is 1. The van der Waals surface area contributed by atoms with Crippen molar-refractivity contribution >= 4 is 16.7 Å². The summed E-state index contributed by atoms with van der Waals surface area (Å²) < 4.78 is 16.7. The lowest BCUT2D eigenvalue weighted by Gasteiger charge is -2.14. The molecule has 0 saturated heterocycles. The monoisotopic (exact) mass is 379 g/mol. The van der Waals surface area contributed by atoms with Crippen LogP contribution in [-0.4, -0.2) is 26.2 Å². The summed E-state index contributed by atoms with van der Waals surface area (Å²) in [7, 11) is 1.57. The molecule has 0 saturated carbocycles. The molecular formula is C23H25NO4. The van der Waals surface area contributed by atoms with E-state index in [2.05, 4.69) is 5.32 Å². The number of carbonyl (C=O) groups excluding carboxylic acids is 1. The molecule has 1 N–H and O–H groups in total. The molecule has 146 valence electrons. The average molecular weight is 379 g/mol. The summed E-state index contributed by atoms with van der Waals surface area (Å²) in [6.07, 6.45) is 0. The lowest BCUT2D eigenvalue weighted by molar-refractivity contribution is 0.0948. The molecule has 0 aromatic heterocycles. The van der Waals surface area contributed by atoms with Gasteiger partial charge in [-0.05, 0) is 54.4 Å². The normalized spacial score (nSPS) is 10.5. The molecule has 0 aliphatic carbocycles. The zero-order valence-electron chi connectivity index (χ0n) is 16.5. The van der Waals surface area contributed by atoms with Crippen molar-refractivity contribution in [2.75, 3.05) is 20.3 Å². The van der Waals surface area contributed by atoms with Crippen molar-refractivity contribution in [1.82, 2.24) is 5.32 Å². The first-order chi connectivity index (χ1) is 13.7. The average Bonchev–Trinajstić information content (AvgIpc) is 2.73. The van der Waals surface area contributed by atoms with E-state index in [0.29, 0.717) is 42.6 Å². The first kappa shape index (κ1) is 19.5. The van der Waals surface area contributed by atoms with Crippen molar-refractivity contribution in [3.05, 3.63) is 65.7 Å². The lowest BCUT2D eigenvalue weighted by atomic mass is 10.1. The van der Waals surface area contributed by atoms with Crippen molar-refractivity contribution < 1.29 is 19.0 Å². The number of rotatable bonds is 8. The number of methoxy groups -OCH3 is 1. The summed E-state index contributed by atoms with van der Waals surface area (Å²) in [5.41, 5.74) is 1.44. The number of hydrogen-bond donors (Lipinski definition) is 1. The molecule has 0 fully saturated rings. The van der Waals surface area contributed by atoms with Crippen LogP contribution in [-0.2, 0) is 6.54 Å². The molecule has 5 nitrogen and oxygen atoms in total. The van der Waals surface area contributed by atoms with Crippen molar-refractivity contribution in [1.29, 1.82) is 0 Å². The van der Waals surface area contributed by atoms with Crippen LogP contribution in [0.15, 0.2) is 54.6 Å². The van der Waals surface area contributed by atoms with Gasteiger partial charge in [-0.1, -0.05) is 30.3 Å². The van der Waals surface area contributed by atoms with E-state index >= 15 is 0 Å². The molecule has 0 aliphatic rings. The Bertz CT molecular complexity index is 968. The van der Waals surface area contributed by atoms with Gasteiger partial charge in [0.1, 0.15) is 5.75 Å². The van der Waals surface area contributed by atoms with Crippen LogP contribution in [0.3, 0.4) is 0 Å². The molecule has 28 heavy (non-hydrogen) atoms. The molecule has 3 rings (SSSR count). The maximum absolute atomic E-state index is 12.8. The second kappa shape index (κ2) is 9.13. The molecule has 0 unspecified atom stereocenters. The molecule has 0 atom stereocenters. The number of amides is 1. The molecule has 5 heteroatoms. The number of benzene rings is 3. The summed E-state index contributed by atoms with van der Waals surface area (Å²) in [6, 6.07) is 17.3. The van der Waals surface area contributed by atoms with Gasteiger partial charge in [0.25, 0.3) is 5.91 Å². The number of ether oxygens (including phenoxy) is 3. The minimum atomic E-state index is -0.186. The van der Waals surface area contributed by atoms with E-state index < -0.39 is 0 Å². The topological polar surface area (TPSA) is 56.8 Å². The highest BCUT2D eigenvalue weighted by Crippen LogP contribution is 2.29. The van der Waals surface area contributed by atoms with Gasteiger partial charge in [0.2, 0.25) is 0 Å². The van der Waals surface area contributed by atoms with Crippen molar-refractivity contribution in [2.24, 2.45) is 0 Å². The Labute approximate surface area is 165 Å². The zero-order chi connectivity index (χ0) is 19.9. The van der Waals surface area contributed by atoms with Crippen LogP contribution in [0.4, 0.5) is 0 Å². The summed E-state index contributed by atoms with van der Waals surface area (Å²) >= 11 is 0. The van der Waals surface area contributed by atoms with Crippen molar-refractivity contribution in [2.45, 2.75) is 20.4 Å². The van der Waals surface area contributed by atoms with Crippen LogP contribution in [0.2, 0.25) is 0 Å². The van der Waals surface area contributed by atoms with Crippen LogP contribution in [0, 0.1) is 0 Å². The quantitative estimate of drug-likeness (QED) is 0.623. The lowest BCUT2D eigenvalue weighted by Crippen LogP contribution is -2.23. The van der Waals surface area contributed by atoms with Crippen molar-refractivity contribution in [3.63, 3.8) is 0 Å². The first-order valence-corrected chi connectivity index (χ1v) is 9.39. The Kier molecular flexibility index (Phi) is 6.37. The van der Waals surface area contributed by atoms with Gasteiger partial charge in [0.15, 0.2) is 11.5 Å². The predicted molar refractivity (Wildman–Crippen MR) is 110 cm³/mol. The maximum atomic E-state index is 12.8. The van der Waals surface area contributed by atoms with E-state index in [9.17, 15) is 4.79 Å². The summed E-state index contributed by atoms with van der Waals surface area (Å²) in [4.78, 5) is 12.8. The second-order valence-corrected chi connectivity index (χ2v) is 6.23. The van der Waals surface area contributed by atoms with Gasteiger partial charge in [-0.2, -0.15) is 0 Å². The van der Waals surface area contributed by atoms with Crippen LogP contribution in [0.5, 0.6) is 17.2 Å². The van der Waals surface area contributed by atoms with E-state index in [1.807, 2.05) is 68.4 Å². The summed E-state index contributed by atoms with van der Waals surface area (Å²) in [5.74, 6) is 1.75. The van der Waals surface area contributed by atoms with Gasteiger partial charge in [0, 0.05) is 6.54 Å². The summed E-state index contributed by atoms with van der Waals surface area (Å²) in [5, 5.41) is 4.99. The molecular weight excluding hydrogens is 354 g/mol. The maximum Gasteiger partial charge on any atom is 0.255 e. The standard InChI is InChI=1S/C23H25NO4/c1-4-27-20-11-10-16(12-22(20)28-5-2)15-24-23(25)19-13-17-8-6-7-9-18(17)14-21(19)26-3/h6-14H,4-5,15H2,1-3H3,(H,24,25). The fraction of sp³-hybridized carbons (Fsp3) is 0.261. The van der Waals surface area contributed by atoms with Crippen LogP contribution in [0.25, 0.3) is 10.8 Å². The molecule has 3 aromatic rings. The first-order valence-electron chi connectivity index (χ1n) is 9.39. The fourth-order valence-corrected chi connectivity index (χ4v) is 3.05. The molecule has 0 radical (unpaired) electrons. The molecule has 0 spiro atoms. The van der Waals surface area contributed by atoms with E-state index in [0.717, 1.165) is 16.3 Å². The van der Waals surface area contributed by atoms with Crippen LogP contribution >= 0.6 is 0 Å². The third-order valence-electron chi connectivity index (χ3n) is 4.37. The van der Waals surface area contributed by atoms with Gasteiger partial charge in [0.05, 0.1) is 25.9 Å². The molecule has 1 amide bonds. The van der Waals surface area contributed by atoms with Gasteiger partial charge < -0.3 is 19.5 Å². The smallest absolute Gasteiger partial charge is 0.255 e. The Balaban J connectivity index is 1.78. The minimum absolute atomic E-state index is 0.186. The molecule has 0 bridgehead atoms. The highest BCUT2D eigenvalue weighted by molar-refractivity contribution is 6.01. The fourth-order valence-electron chi connectivity index (χ4n) is 3.05. The molecule has 0 aliphatic heterocycles. The van der Waals surface area contributed by atoms with E-state index in [-0.39, 0.29) is 5.91 Å². The minimum Gasteiger partial charge on any atom is -0.496 e. The highest BCUT2D eigenvalue weighted by atomic mass is 16.5. The van der Waals surface area contributed by atoms with Crippen LogP contribution in [0.1, 0.15) is 29.8 Å². The Morgan fingerprint density at radius 1 is 0.857 bits per heavy atom. The number of hydrogen-bond acceptors (Lipinski definition) is 4. The SMILES string of the molecule is CCOc1ccc(CNC(=O)c2cc3ccccc3cc2OC)cc1OCC. The summed E-state index contributed by atoms with van der Waals surface area (Å²) in [6.45, 7) is 5.35. The largest absolute Gasteiger partial charge is 0.496 e.